The summed E-state index contributed by atoms with van der Waals surface area (Å²) in [6.45, 7) is 6.10. The molecule has 0 aliphatic rings. The molecule has 0 saturated heterocycles. The average molecular weight is 297 g/mol. The van der Waals surface area contributed by atoms with Crippen molar-refractivity contribution in [1.82, 2.24) is 0 Å². The van der Waals surface area contributed by atoms with E-state index < -0.39 is 0 Å². The van der Waals surface area contributed by atoms with E-state index in [9.17, 15) is 0 Å². The fourth-order valence-electron chi connectivity index (χ4n) is 1.18. The lowest BCUT2D eigenvalue weighted by Crippen LogP contribution is -1.71. The summed E-state index contributed by atoms with van der Waals surface area (Å²) in [5.74, 6) is 0. The van der Waals surface area contributed by atoms with Gasteiger partial charge in [-0.15, -0.1) is 0 Å². The third-order valence-corrected chi connectivity index (χ3v) is 4.74. The molecule has 0 unspecified atom stereocenters. The van der Waals surface area contributed by atoms with Gasteiger partial charge in [-0.2, -0.15) is 0 Å². The van der Waals surface area contributed by atoms with Crippen molar-refractivity contribution in [2.45, 2.75) is 30.6 Å². The van der Waals surface area contributed by atoms with E-state index >= 15 is 0 Å². The van der Waals surface area contributed by atoms with Crippen molar-refractivity contribution in [3.05, 3.63) is 59.1 Å². The van der Waals surface area contributed by atoms with Gasteiger partial charge in [-0.05, 0) is 43.3 Å². The van der Waals surface area contributed by atoms with Crippen LogP contribution in [-0.2, 0) is 0 Å². The Hall–Kier alpha value is -0.570. The van der Waals surface area contributed by atoms with Crippen LogP contribution in [0.1, 0.15) is 19.4 Å². The van der Waals surface area contributed by atoms with Crippen LogP contribution >= 0.6 is 33.2 Å². The van der Waals surface area contributed by atoms with Gasteiger partial charge in [0.1, 0.15) is 0 Å². The minimum absolute atomic E-state index is 0.782. The highest BCUT2D eigenvalue weighted by Gasteiger charge is 1.97. The topological polar surface area (TPSA) is 0 Å². The maximum absolute atomic E-state index is 5.83. The Bertz CT molecular complexity index is 403. The van der Waals surface area contributed by atoms with E-state index in [0.717, 1.165) is 5.02 Å². The summed E-state index contributed by atoms with van der Waals surface area (Å²) in [5, 5.41) is 0.782. The van der Waals surface area contributed by atoms with Crippen LogP contribution < -0.4 is 0 Å². The standard InChI is InChI=1S/C13H11ClS2.C2H6/c1-10-2-6-12(7-3-10)15-16-13-8-4-11(14)5-9-13;1-2/h2-9H,1H3;1-2H3. The normalized spacial score (nSPS) is 9.56. The van der Waals surface area contributed by atoms with E-state index in [-0.39, 0.29) is 0 Å². The number of hydrogen-bond donors (Lipinski definition) is 0. The van der Waals surface area contributed by atoms with E-state index in [1.54, 1.807) is 21.6 Å². The summed E-state index contributed by atoms with van der Waals surface area (Å²) in [6.07, 6.45) is 0. The van der Waals surface area contributed by atoms with E-state index in [1.165, 1.54) is 15.4 Å². The van der Waals surface area contributed by atoms with Crippen LogP contribution in [0.5, 0.6) is 0 Å². The molecule has 18 heavy (non-hydrogen) atoms. The van der Waals surface area contributed by atoms with E-state index in [1.807, 2.05) is 38.1 Å². The first-order valence-corrected chi connectivity index (χ1v) is 8.43. The third kappa shape index (κ3) is 5.38. The van der Waals surface area contributed by atoms with Crippen molar-refractivity contribution in [1.29, 1.82) is 0 Å². The lowest BCUT2D eigenvalue weighted by Gasteiger charge is -2.01. The summed E-state index contributed by atoms with van der Waals surface area (Å²) < 4.78 is 0. The van der Waals surface area contributed by atoms with Gasteiger partial charge in [0.2, 0.25) is 0 Å². The first-order chi connectivity index (χ1) is 8.74. The van der Waals surface area contributed by atoms with Crippen molar-refractivity contribution in [2.75, 3.05) is 0 Å². The molecule has 0 nitrogen and oxygen atoms in total. The first-order valence-electron chi connectivity index (χ1n) is 5.91. The Morgan fingerprint density at radius 1 is 0.722 bits per heavy atom. The van der Waals surface area contributed by atoms with Crippen molar-refractivity contribution >= 4 is 33.2 Å². The SMILES string of the molecule is CC.Cc1ccc(SSc2ccc(Cl)cc2)cc1. The zero-order valence-electron chi connectivity index (χ0n) is 10.8. The van der Waals surface area contributed by atoms with Gasteiger partial charge in [0, 0.05) is 14.8 Å². The van der Waals surface area contributed by atoms with Crippen LogP contribution in [0.2, 0.25) is 5.02 Å². The van der Waals surface area contributed by atoms with Crippen molar-refractivity contribution in [3.63, 3.8) is 0 Å². The molecular formula is C15H17ClS2. The minimum atomic E-state index is 0.782. The molecule has 0 fully saturated rings. The van der Waals surface area contributed by atoms with Gasteiger partial charge in [-0.3, -0.25) is 0 Å². The highest BCUT2D eigenvalue weighted by molar-refractivity contribution is 8.76. The molecular weight excluding hydrogens is 280 g/mol. The number of aryl methyl sites for hydroxylation is 1. The minimum Gasteiger partial charge on any atom is -0.0843 e. The summed E-state index contributed by atoms with van der Waals surface area (Å²) in [5.41, 5.74) is 1.29. The van der Waals surface area contributed by atoms with Crippen LogP contribution in [0, 0.1) is 6.92 Å². The lowest BCUT2D eigenvalue weighted by molar-refractivity contribution is 1.38. The molecule has 2 aromatic rings. The van der Waals surface area contributed by atoms with Gasteiger partial charge in [-0.25, -0.2) is 0 Å². The van der Waals surface area contributed by atoms with Crippen LogP contribution in [0.4, 0.5) is 0 Å². The van der Waals surface area contributed by atoms with Gasteiger partial charge in [0.15, 0.2) is 0 Å². The molecule has 0 N–H and O–H groups in total. The largest absolute Gasteiger partial charge is 0.0843 e. The molecule has 0 radical (unpaired) electrons. The number of hydrogen-bond acceptors (Lipinski definition) is 2. The summed E-state index contributed by atoms with van der Waals surface area (Å²) in [4.78, 5) is 2.49. The third-order valence-electron chi connectivity index (χ3n) is 2.07. The fourth-order valence-corrected chi connectivity index (χ4v) is 3.24. The van der Waals surface area contributed by atoms with E-state index in [2.05, 4.69) is 31.2 Å². The van der Waals surface area contributed by atoms with Crippen LogP contribution in [0.3, 0.4) is 0 Å². The first kappa shape index (κ1) is 15.5. The lowest BCUT2D eigenvalue weighted by atomic mass is 10.2. The molecule has 0 aliphatic carbocycles. The van der Waals surface area contributed by atoms with Gasteiger partial charge in [-0.1, -0.05) is 64.7 Å². The molecule has 0 heterocycles. The molecule has 2 aromatic carbocycles. The molecule has 0 saturated carbocycles. The molecule has 0 spiro atoms. The Morgan fingerprint density at radius 3 is 1.56 bits per heavy atom. The quantitative estimate of drug-likeness (QED) is 0.595. The van der Waals surface area contributed by atoms with Crippen LogP contribution in [0.25, 0.3) is 0 Å². The second-order valence-electron chi connectivity index (χ2n) is 3.43. The van der Waals surface area contributed by atoms with Gasteiger partial charge in [0.25, 0.3) is 0 Å². The molecule has 0 amide bonds. The summed E-state index contributed by atoms with van der Waals surface area (Å²) in [7, 11) is 3.51. The number of benzene rings is 2. The maximum atomic E-state index is 5.83. The second-order valence-corrected chi connectivity index (χ2v) is 6.15. The van der Waals surface area contributed by atoms with Gasteiger partial charge in [0.05, 0.1) is 0 Å². The second kappa shape index (κ2) is 8.52. The monoisotopic (exact) mass is 296 g/mol. The Morgan fingerprint density at radius 2 is 1.11 bits per heavy atom. The van der Waals surface area contributed by atoms with Gasteiger partial charge >= 0.3 is 0 Å². The molecule has 96 valence electrons. The van der Waals surface area contributed by atoms with Crippen molar-refractivity contribution in [3.8, 4) is 0 Å². The van der Waals surface area contributed by atoms with Crippen LogP contribution in [-0.4, -0.2) is 0 Å². The molecule has 0 atom stereocenters. The molecule has 3 heteroatoms. The zero-order chi connectivity index (χ0) is 13.4. The zero-order valence-corrected chi connectivity index (χ0v) is 13.2. The smallest absolute Gasteiger partial charge is 0.0406 e. The number of rotatable bonds is 3. The molecule has 0 aliphatic heterocycles. The highest BCUT2D eigenvalue weighted by atomic mass is 35.5. The van der Waals surface area contributed by atoms with Gasteiger partial charge < -0.3 is 0 Å². The van der Waals surface area contributed by atoms with Crippen molar-refractivity contribution < 1.29 is 0 Å². The summed E-state index contributed by atoms with van der Waals surface area (Å²) in [6, 6.07) is 16.4. The predicted molar refractivity (Wildman–Crippen MR) is 85.7 cm³/mol. The Kier molecular flexibility index (Phi) is 7.33. The average Bonchev–Trinajstić information content (AvgIpc) is 2.42. The van der Waals surface area contributed by atoms with E-state index in [0.29, 0.717) is 0 Å². The summed E-state index contributed by atoms with van der Waals surface area (Å²) >= 11 is 5.83. The highest BCUT2D eigenvalue weighted by Crippen LogP contribution is 2.37. The molecule has 0 bridgehead atoms. The Balaban J connectivity index is 0.000000771. The fraction of sp³-hybridized carbons (Fsp3) is 0.200. The predicted octanol–water partition coefficient (Wildman–Crippen LogP) is 6.47. The van der Waals surface area contributed by atoms with E-state index in [4.69, 9.17) is 11.6 Å². The number of halogens is 1. The maximum Gasteiger partial charge on any atom is 0.0406 e. The Labute approximate surface area is 123 Å². The van der Waals surface area contributed by atoms with Crippen molar-refractivity contribution in [2.24, 2.45) is 0 Å². The molecule has 0 aromatic heterocycles. The molecule has 2 rings (SSSR count). The van der Waals surface area contributed by atoms with Crippen LogP contribution in [0.15, 0.2) is 58.3 Å².